The van der Waals surface area contributed by atoms with E-state index in [1.54, 1.807) is 0 Å². The summed E-state index contributed by atoms with van der Waals surface area (Å²) in [6, 6.07) is 0. The molecule has 0 unspecified atom stereocenters. The SMILES string of the molecule is O=C(O)/C=C/C(=O)O.O=C(O)/C=C/C(=O)O.O=C(O)/C=C/C(=O)O.O=C1CCCN1CC#CCN1CCCCCC1.O=C1CCCN1CC#CCN1CCCCCC1. The third-order valence-electron chi connectivity index (χ3n) is 8.24. The van der Waals surface area contributed by atoms with Crippen molar-refractivity contribution in [3.8, 4) is 23.7 Å². The van der Waals surface area contributed by atoms with Gasteiger partial charge in [-0.05, 0) is 64.7 Å². The van der Waals surface area contributed by atoms with Crippen LogP contribution in [0.15, 0.2) is 36.5 Å². The molecule has 0 bridgehead atoms. The molecule has 18 nitrogen and oxygen atoms in total. The van der Waals surface area contributed by atoms with Crippen LogP contribution in [0.2, 0.25) is 0 Å². The average Bonchev–Trinajstić information content (AvgIpc) is 3.53. The number of aliphatic carboxylic acids is 6. The molecule has 0 aromatic heterocycles. The van der Waals surface area contributed by atoms with Crippen molar-refractivity contribution in [2.75, 3.05) is 65.4 Å². The Morgan fingerprint density at radius 3 is 0.828 bits per heavy atom. The molecule has 4 rings (SSSR count). The van der Waals surface area contributed by atoms with Crippen LogP contribution in [-0.2, 0) is 38.4 Å². The maximum atomic E-state index is 11.4. The maximum absolute atomic E-state index is 11.4. The first kappa shape index (κ1) is 52.0. The molecule has 4 saturated heterocycles. The molecule has 0 atom stereocenters. The van der Waals surface area contributed by atoms with Crippen molar-refractivity contribution in [1.29, 1.82) is 0 Å². The summed E-state index contributed by atoms with van der Waals surface area (Å²) in [5.41, 5.74) is 0. The minimum absolute atomic E-state index is 0.272. The molecular weight excluding hydrogens is 760 g/mol. The lowest BCUT2D eigenvalue weighted by Crippen LogP contribution is -2.26. The predicted molar refractivity (Wildman–Crippen MR) is 210 cm³/mol. The number of hydrogen-bond donors (Lipinski definition) is 6. The Morgan fingerprint density at radius 2 is 0.621 bits per heavy atom. The van der Waals surface area contributed by atoms with Crippen molar-refractivity contribution in [1.82, 2.24) is 19.6 Å². The summed E-state index contributed by atoms with van der Waals surface area (Å²) in [7, 11) is 0. The van der Waals surface area contributed by atoms with Crippen molar-refractivity contribution < 1.29 is 69.0 Å². The number of carboxylic acid groups (broad SMARTS) is 6. The zero-order valence-corrected chi connectivity index (χ0v) is 32.8. The van der Waals surface area contributed by atoms with Crippen molar-refractivity contribution in [3.05, 3.63) is 36.5 Å². The van der Waals surface area contributed by atoms with Gasteiger partial charge in [-0.3, -0.25) is 19.4 Å². The van der Waals surface area contributed by atoms with Crippen LogP contribution in [0.5, 0.6) is 0 Å². The largest absolute Gasteiger partial charge is 0.478 e. The molecule has 4 aliphatic rings. The number of rotatable bonds is 10. The highest BCUT2D eigenvalue weighted by atomic mass is 16.4. The quantitative estimate of drug-likeness (QED) is 0.136. The van der Waals surface area contributed by atoms with Gasteiger partial charge in [-0.15, -0.1) is 0 Å². The Hall–Kier alpha value is -5.98. The Balaban J connectivity index is 0.000000740. The van der Waals surface area contributed by atoms with E-state index in [1.165, 1.54) is 77.5 Å². The molecule has 0 spiro atoms. The highest BCUT2D eigenvalue weighted by molar-refractivity contribution is 5.90. The van der Waals surface area contributed by atoms with E-state index in [-0.39, 0.29) is 11.8 Å². The summed E-state index contributed by atoms with van der Waals surface area (Å²) in [6.07, 6.45) is 17.5. The standard InChI is InChI=1S/2C14H22N2O.3C4H4O4/c2*17-14-8-7-13-16(14)12-6-5-11-15-9-3-1-2-4-10-15;3*5-3(6)1-2-4(7)8/h2*1-4,7-13H2;3*1-2H,(H,5,6)(H,7,8)/b;;3*2-1+. The smallest absolute Gasteiger partial charge is 0.328 e. The number of carboxylic acids is 6. The van der Waals surface area contributed by atoms with Crippen molar-refractivity contribution >= 4 is 47.6 Å². The van der Waals surface area contributed by atoms with Gasteiger partial charge in [0.15, 0.2) is 0 Å². The summed E-state index contributed by atoms with van der Waals surface area (Å²) in [5, 5.41) is 46.9. The molecular formula is C40H56N4O14. The Morgan fingerprint density at radius 1 is 0.379 bits per heavy atom. The maximum Gasteiger partial charge on any atom is 0.328 e. The summed E-state index contributed by atoms with van der Waals surface area (Å²) < 4.78 is 0. The second-order valence-electron chi connectivity index (χ2n) is 13.0. The summed E-state index contributed by atoms with van der Waals surface area (Å²) in [5.74, 6) is 5.70. The van der Waals surface area contributed by atoms with Crippen LogP contribution in [0.25, 0.3) is 0 Å². The van der Waals surface area contributed by atoms with Gasteiger partial charge >= 0.3 is 35.8 Å². The highest BCUT2D eigenvalue weighted by Gasteiger charge is 2.19. The molecule has 6 N–H and O–H groups in total. The number of amides is 2. The third kappa shape index (κ3) is 32.3. The van der Waals surface area contributed by atoms with Crippen LogP contribution in [0.3, 0.4) is 0 Å². The van der Waals surface area contributed by atoms with Crippen LogP contribution >= 0.6 is 0 Å². The van der Waals surface area contributed by atoms with Crippen LogP contribution in [-0.4, -0.2) is 163 Å². The molecule has 0 aliphatic carbocycles. The first-order valence-corrected chi connectivity index (χ1v) is 18.9. The fraction of sp³-hybridized carbons (Fsp3) is 0.550. The van der Waals surface area contributed by atoms with Gasteiger partial charge in [0.1, 0.15) is 0 Å². The van der Waals surface area contributed by atoms with E-state index in [2.05, 4.69) is 33.5 Å². The van der Waals surface area contributed by atoms with E-state index in [4.69, 9.17) is 30.6 Å². The van der Waals surface area contributed by atoms with Crippen molar-refractivity contribution in [2.45, 2.75) is 77.0 Å². The molecule has 58 heavy (non-hydrogen) atoms. The van der Waals surface area contributed by atoms with E-state index >= 15 is 0 Å². The first-order valence-electron chi connectivity index (χ1n) is 18.9. The predicted octanol–water partition coefficient (Wildman–Crippen LogP) is 2.11. The minimum Gasteiger partial charge on any atom is -0.478 e. The lowest BCUT2D eigenvalue weighted by atomic mass is 10.2. The molecule has 4 aliphatic heterocycles. The Bertz CT molecular complexity index is 1360. The van der Waals surface area contributed by atoms with Crippen LogP contribution < -0.4 is 0 Å². The fourth-order valence-electron chi connectivity index (χ4n) is 5.40. The van der Waals surface area contributed by atoms with Gasteiger partial charge in [-0.1, -0.05) is 49.4 Å². The molecule has 0 saturated carbocycles. The molecule has 2 amide bonds. The summed E-state index contributed by atoms with van der Waals surface area (Å²) in [4.78, 5) is 88.7. The third-order valence-corrected chi connectivity index (χ3v) is 8.24. The zero-order chi connectivity index (χ0) is 43.6. The summed E-state index contributed by atoms with van der Waals surface area (Å²) >= 11 is 0. The fourth-order valence-corrected chi connectivity index (χ4v) is 5.40. The van der Waals surface area contributed by atoms with Gasteiger partial charge in [-0.2, -0.15) is 0 Å². The zero-order valence-electron chi connectivity index (χ0n) is 32.8. The Kier molecular flexibility index (Phi) is 29.8. The molecule has 4 heterocycles. The van der Waals surface area contributed by atoms with Gasteiger partial charge in [-0.25, -0.2) is 28.8 Å². The number of carbonyl (C=O) groups excluding carboxylic acids is 2. The normalized spacial score (nSPS) is 16.9. The molecule has 4 fully saturated rings. The van der Waals surface area contributed by atoms with E-state index < -0.39 is 35.8 Å². The van der Waals surface area contributed by atoms with Gasteiger partial charge in [0.05, 0.1) is 26.2 Å². The molecule has 18 heteroatoms. The number of hydrogen-bond acceptors (Lipinski definition) is 10. The highest BCUT2D eigenvalue weighted by Crippen LogP contribution is 2.11. The second kappa shape index (κ2) is 33.2. The topological polar surface area (TPSA) is 271 Å². The van der Waals surface area contributed by atoms with Crippen LogP contribution in [0.4, 0.5) is 0 Å². The van der Waals surface area contributed by atoms with E-state index in [0.29, 0.717) is 62.4 Å². The van der Waals surface area contributed by atoms with Crippen LogP contribution in [0, 0.1) is 23.7 Å². The lowest BCUT2D eigenvalue weighted by molar-refractivity contribution is -0.134. The molecule has 0 radical (unpaired) electrons. The lowest BCUT2D eigenvalue weighted by Gasteiger charge is -2.16. The van der Waals surface area contributed by atoms with Gasteiger partial charge in [0.2, 0.25) is 11.8 Å². The van der Waals surface area contributed by atoms with Crippen molar-refractivity contribution in [3.63, 3.8) is 0 Å². The van der Waals surface area contributed by atoms with E-state index in [1.807, 2.05) is 9.80 Å². The number of likely N-dealkylation sites (tertiary alicyclic amines) is 4. The monoisotopic (exact) mass is 816 g/mol. The van der Waals surface area contributed by atoms with E-state index in [9.17, 15) is 38.4 Å². The number of carbonyl (C=O) groups is 8. The van der Waals surface area contributed by atoms with Gasteiger partial charge in [0.25, 0.3) is 0 Å². The van der Waals surface area contributed by atoms with Crippen molar-refractivity contribution in [2.24, 2.45) is 0 Å². The number of nitrogens with zero attached hydrogens (tertiary/aromatic N) is 4. The van der Waals surface area contributed by atoms with Gasteiger partial charge < -0.3 is 40.4 Å². The minimum atomic E-state index is -1.26. The molecule has 0 aromatic rings. The summed E-state index contributed by atoms with van der Waals surface area (Å²) in [6.45, 7) is 9.58. The first-order chi connectivity index (χ1) is 27.6. The second-order valence-corrected chi connectivity index (χ2v) is 13.0. The van der Waals surface area contributed by atoms with E-state index in [0.717, 1.165) is 39.0 Å². The molecule has 320 valence electrons. The molecule has 0 aromatic carbocycles. The Labute approximate surface area is 338 Å². The van der Waals surface area contributed by atoms with Gasteiger partial charge in [0, 0.05) is 62.4 Å². The average molecular weight is 817 g/mol. The van der Waals surface area contributed by atoms with Crippen LogP contribution in [0.1, 0.15) is 77.0 Å².